The number of nitrogens with one attached hydrogen (secondary N) is 1. The molecule has 1 heterocycles. The summed E-state index contributed by atoms with van der Waals surface area (Å²) in [5.74, 6) is -2.04. The van der Waals surface area contributed by atoms with Crippen molar-refractivity contribution in [3.63, 3.8) is 0 Å². The van der Waals surface area contributed by atoms with Gasteiger partial charge < -0.3 is 15.0 Å². The standard InChI is InChI=1S/C22H21F3N2O2/c1-27(6-7-28)22(29)14-8-13(9-14)19-17-10-16(24)11-18(25)21(17)26-20(19)12-2-4-15(23)5-3-12/h2-5,10-11,13-14,26,28H,6-9H2,1H3/t13-,14-. The van der Waals surface area contributed by atoms with Crippen LogP contribution in [0.15, 0.2) is 36.4 Å². The van der Waals surface area contributed by atoms with Crippen LogP contribution in [0.4, 0.5) is 13.2 Å². The summed E-state index contributed by atoms with van der Waals surface area (Å²) in [5.41, 5.74) is 2.24. The van der Waals surface area contributed by atoms with Crippen LogP contribution in [0.2, 0.25) is 0 Å². The quantitative estimate of drug-likeness (QED) is 0.672. The number of rotatable bonds is 5. The lowest BCUT2D eigenvalue weighted by Gasteiger charge is -2.37. The number of likely N-dealkylation sites (N-methyl/N-ethyl adjacent to an activating group) is 1. The number of hydrogen-bond acceptors (Lipinski definition) is 2. The predicted molar refractivity (Wildman–Crippen MR) is 104 cm³/mol. The van der Waals surface area contributed by atoms with Gasteiger partial charge in [0.25, 0.3) is 0 Å². The van der Waals surface area contributed by atoms with Gasteiger partial charge in [0.2, 0.25) is 5.91 Å². The fraction of sp³-hybridized carbons (Fsp3) is 0.318. The van der Waals surface area contributed by atoms with Crippen LogP contribution in [-0.4, -0.2) is 41.1 Å². The number of nitrogens with zero attached hydrogens (tertiary/aromatic N) is 1. The Morgan fingerprint density at radius 1 is 1.14 bits per heavy atom. The third kappa shape index (κ3) is 3.51. The fourth-order valence-electron chi connectivity index (χ4n) is 4.14. The van der Waals surface area contributed by atoms with Gasteiger partial charge in [0.15, 0.2) is 0 Å². The SMILES string of the molecule is CN(CCO)C(=O)[C@H]1C[C@H](c2c(-c3ccc(F)cc3)[nH]c3c(F)cc(F)cc32)C1. The van der Waals surface area contributed by atoms with E-state index in [9.17, 15) is 18.0 Å². The van der Waals surface area contributed by atoms with Gasteiger partial charge in [-0.05, 0) is 60.2 Å². The number of aliphatic hydroxyl groups excluding tert-OH is 1. The number of benzene rings is 2. The van der Waals surface area contributed by atoms with Crippen molar-refractivity contribution in [2.75, 3.05) is 20.2 Å². The van der Waals surface area contributed by atoms with Gasteiger partial charge >= 0.3 is 0 Å². The molecule has 4 nitrogen and oxygen atoms in total. The molecule has 1 aliphatic rings. The van der Waals surface area contributed by atoms with E-state index in [-0.39, 0.29) is 42.2 Å². The number of aromatic nitrogens is 1. The molecule has 1 saturated carbocycles. The molecular weight excluding hydrogens is 381 g/mol. The summed E-state index contributed by atoms with van der Waals surface area (Å²) in [6, 6.07) is 7.94. The van der Waals surface area contributed by atoms with E-state index in [2.05, 4.69) is 4.98 Å². The molecule has 29 heavy (non-hydrogen) atoms. The molecule has 152 valence electrons. The molecule has 1 amide bonds. The Morgan fingerprint density at radius 2 is 1.83 bits per heavy atom. The minimum absolute atomic E-state index is 0.0455. The molecule has 1 aromatic heterocycles. The topological polar surface area (TPSA) is 56.3 Å². The zero-order valence-electron chi connectivity index (χ0n) is 15.9. The molecule has 1 aliphatic carbocycles. The average Bonchev–Trinajstić information content (AvgIpc) is 3.01. The molecule has 7 heteroatoms. The van der Waals surface area contributed by atoms with Gasteiger partial charge in [-0.3, -0.25) is 4.79 Å². The Labute approximate surface area is 166 Å². The predicted octanol–water partition coefficient (Wildman–Crippen LogP) is 4.20. The van der Waals surface area contributed by atoms with Gasteiger partial charge in [0, 0.05) is 31.0 Å². The molecule has 0 radical (unpaired) electrons. The lowest BCUT2D eigenvalue weighted by Crippen LogP contribution is -2.40. The van der Waals surface area contributed by atoms with Crippen LogP contribution in [0, 0.1) is 23.4 Å². The summed E-state index contributed by atoms with van der Waals surface area (Å²) in [6.45, 7) is 0.165. The molecule has 0 atom stereocenters. The van der Waals surface area contributed by atoms with Crippen LogP contribution in [-0.2, 0) is 4.79 Å². The van der Waals surface area contributed by atoms with E-state index in [1.807, 2.05) is 0 Å². The van der Waals surface area contributed by atoms with Crippen molar-refractivity contribution < 1.29 is 23.1 Å². The lowest BCUT2D eigenvalue weighted by atomic mass is 9.69. The highest BCUT2D eigenvalue weighted by Crippen LogP contribution is 2.48. The van der Waals surface area contributed by atoms with Crippen molar-refractivity contribution in [3.05, 3.63) is 59.4 Å². The van der Waals surface area contributed by atoms with Gasteiger partial charge in [-0.2, -0.15) is 0 Å². The van der Waals surface area contributed by atoms with Crippen molar-refractivity contribution in [1.29, 1.82) is 0 Å². The monoisotopic (exact) mass is 402 g/mol. The first kappa shape index (κ1) is 19.5. The summed E-state index contributed by atoms with van der Waals surface area (Å²) in [5, 5.41) is 9.46. The third-order valence-corrected chi connectivity index (χ3v) is 5.70. The molecule has 0 unspecified atom stereocenters. The largest absolute Gasteiger partial charge is 0.395 e. The summed E-state index contributed by atoms with van der Waals surface area (Å²) < 4.78 is 41.7. The Bertz CT molecular complexity index is 1060. The van der Waals surface area contributed by atoms with Gasteiger partial charge in [-0.25, -0.2) is 13.2 Å². The molecule has 3 aromatic rings. The summed E-state index contributed by atoms with van der Waals surface area (Å²) in [7, 11) is 1.65. The first-order chi connectivity index (χ1) is 13.9. The van der Waals surface area contributed by atoms with Crippen molar-refractivity contribution in [3.8, 4) is 11.3 Å². The molecule has 0 spiro atoms. The highest BCUT2D eigenvalue weighted by atomic mass is 19.1. The molecular formula is C22H21F3N2O2. The van der Waals surface area contributed by atoms with Crippen LogP contribution in [0.3, 0.4) is 0 Å². The summed E-state index contributed by atoms with van der Waals surface area (Å²) in [4.78, 5) is 17.0. The lowest BCUT2D eigenvalue weighted by molar-refractivity contribution is -0.137. The highest BCUT2D eigenvalue weighted by Gasteiger charge is 2.39. The Kier molecular flexibility index (Phi) is 5.08. The number of hydrogen-bond donors (Lipinski definition) is 2. The van der Waals surface area contributed by atoms with Gasteiger partial charge in [-0.15, -0.1) is 0 Å². The van der Waals surface area contributed by atoms with E-state index in [0.29, 0.717) is 29.5 Å². The molecule has 1 fully saturated rings. The number of carbonyl (C=O) groups excluding carboxylic acids is 1. The van der Waals surface area contributed by atoms with Crippen LogP contribution >= 0.6 is 0 Å². The highest BCUT2D eigenvalue weighted by molar-refractivity contribution is 5.92. The smallest absolute Gasteiger partial charge is 0.225 e. The first-order valence-corrected chi connectivity index (χ1v) is 9.51. The van der Waals surface area contributed by atoms with Crippen molar-refractivity contribution in [2.45, 2.75) is 18.8 Å². The van der Waals surface area contributed by atoms with Crippen LogP contribution < -0.4 is 0 Å². The van der Waals surface area contributed by atoms with Gasteiger partial charge in [-0.1, -0.05) is 0 Å². The van der Waals surface area contributed by atoms with E-state index < -0.39 is 11.6 Å². The summed E-state index contributed by atoms with van der Waals surface area (Å²) in [6.07, 6.45) is 1.10. The first-order valence-electron chi connectivity index (χ1n) is 9.51. The van der Waals surface area contributed by atoms with Crippen LogP contribution in [0.1, 0.15) is 24.3 Å². The Balaban J connectivity index is 1.72. The maximum atomic E-state index is 14.4. The molecule has 2 aromatic carbocycles. The number of amides is 1. The number of aromatic amines is 1. The van der Waals surface area contributed by atoms with Crippen molar-refractivity contribution in [1.82, 2.24) is 9.88 Å². The Morgan fingerprint density at radius 3 is 2.48 bits per heavy atom. The normalized spacial score (nSPS) is 18.7. The van der Waals surface area contributed by atoms with Crippen LogP contribution in [0.5, 0.6) is 0 Å². The zero-order valence-corrected chi connectivity index (χ0v) is 15.9. The average molecular weight is 402 g/mol. The van der Waals surface area contributed by atoms with Crippen molar-refractivity contribution >= 4 is 16.8 Å². The molecule has 2 N–H and O–H groups in total. The van der Waals surface area contributed by atoms with Crippen molar-refractivity contribution in [2.24, 2.45) is 5.92 Å². The second-order valence-corrected chi connectivity index (χ2v) is 7.58. The molecule has 0 bridgehead atoms. The van der Waals surface area contributed by atoms with E-state index in [1.54, 1.807) is 19.2 Å². The Hall–Kier alpha value is -2.80. The summed E-state index contributed by atoms with van der Waals surface area (Å²) >= 11 is 0. The van der Waals surface area contributed by atoms with Crippen LogP contribution in [0.25, 0.3) is 22.2 Å². The minimum atomic E-state index is -0.691. The van der Waals surface area contributed by atoms with E-state index in [1.165, 1.54) is 23.1 Å². The number of carbonyl (C=O) groups is 1. The van der Waals surface area contributed by atoms with E-state index in [0.717, 1.165) is 11.6 Å². The fourth-order valence-corrected chi connectivity index (χ4v) is 4.14. The van der Waals surface area contributed by atoms with Gasteiger partial charge in [0.05, 0.1) is 17.8 Å². The van der Waals surface area contributed by atoms with E-state index >= 15 is 0 Å². The third-order valence-electron chi connectivity index (χ3n) is 5.70. The number of halogens is 3. The second-order valence-electron chi connectivity index (χ2n) is 7.58. The zero-order chi connectivity index (χ0) is 20.7. The van der Waals surface area contributed by atoms with Gasteiger partial charge in [0.1, 0.15) is 17.5 Å². The number of H-pyrrole nitrogens is 1. The van der Waals surface area contributed by atoms with E-state index in [4.69, 9.17) is 5.11 Å². The molecule has 4 rings (SSSR count). The molecule has 0 saturated heterocycles. The maximum absolute atomic E-state index is 14.4. The second kappa shape index (κ2) is 7.55. The molecule has 0 aliphatic heterocycles. The number of fused-ring (bicyclic) bond motifs is 1. The maximum Gasteiger partial charge on any atom is 0.225 e. The minimum Gasteiger partial charge on any atom is -0.395 e. The number of aliphatic hydroxyl groups is 1.